The van der Waals surface area contributed by atoms with Gasteiger partial charge in [0.25, 0.3) is 5.56 Å². The molecule has 0 amide bonds. The number of imidazole rings is 1. The summed E-state index contributed by atoms with van der Waals surface area (Å²) in [6, 6.07) is 9.00. The predicted molar refractivity (Wildman–Crippen MR) is 107 cm³/mol. The van der Waals surface area contributed by atoms with Gasteiger partial charge in [-0.3, -0.25) is 23.3 Å². The summed E-state index contributed by atoms with van der Waals surface area (Å²) in [5.74, 6) is 0.478. The molecule has 0 unspecified atom stereocenters. The molecular formula is C20H23N5O3. The van der Waals surface area contributed by atoms with E-state index < -0.39 is 11.2 Å². The van der Waals surface area contributed by atoms with Crippen LogP contribution in [0.1, 0.15) is 29.6 Å². The largest absolute Gasteiger partial charge is 0.342 e. The molecule has 0 N–H and O–H groups in total. The summed E-state index contributed by atoms with van der Waals surface area (Å²) < 4.78 is 4.11. The minimum atomic E-state index is -0.435. The number of anilines is 1. The first-order valence-electron chi connectivity index (χ1n) is 9.48. The normalized spacial score (nSPS) is 14.6. The number of carbonyl (C=O) groups excluding carboxylic acids is 1. The number of aryl methyl sites for hydroxylation is 1. The molecule has 28 heavy (non-hydrogen) atoms. The van der Waals surface area contributed by atoms with Gasteiger partial charge in [0.2, 0.25) is 5.95 Å². The molecule has 4 rings (SSSR count). The number of Topliss-reactive ketones (excluding diaryl/α,β-unsaturated/α-hetero) is 1. The van der Waals surface area contributed by atoms with E-state index in [0.29, 0.717) is 17.2 Å². The van der Waals surface area contributed by atoms with Crippen molar-refractivity contribution in [3.8, 4) is 0 Å². The maximum Gasteiger partial charge on any atom is 0.332 e. The lowest BCUT2D eigenvalue weighted by Crippen LogP contribution is -2.38. The zero-order valence-corrected chi connectivity index (χ0v) is 16.1. The molecule has 1 aromatic carbocycles. The Morgan fingerprint density at radius 2 is 1.68 bits per heavy atom. The van der Waals surface area contributed by atoms with Crippen LogP contribution in [0.5, 0.6) is 0 Å². The van der Waals surface area contributed by atoms with Crippen LogP contribution in [-0.4, -0.2) is 37.6 Å². The number of rotatable bonds is 4. The van der Waals surface area contributed by atoms with Gasteiger partial charge in [-0.2, -0.15) is 4.98 Å². The molecule has 3 heterocycles. The highest BCUT2D eigenvalue weighted by molar-refractivity contribution is 5.96. The van der Waals surface area contributed by atoms with Crippen molar-refractivity contribution in [2.75, 3.05) is 18.0 Å². The van der Waals surface area contributed by atoms with Crippen molar-refractivity contribution < 1.29 is 4.79 Å². The lowest BCUT2D eigenvalue weighted by Gasteiger charge is -2.28. The Balaban J connectivity index is 1.92. The Bertz CT molecular complexity index is 1150. The van der Waals surface area contributed by atoms with Gasteiger partial charge in [-0.15, -0.1) is 0 Å². The van der Waals surface area contributed by atoms with Crippen molar-refractivity contribution in [1.29, 1.82) is 0 Å². The molecule has 1 aliphatic heterocycles. The third-order valence-electron chi connectivity index (χ3n) is 5.36. The quantitative estimate of drug-likeness (QED) is 0.637. The van der Waals surface area contributed by atoms with Gasteiger partial charge in [-0.1, -0.05) is 30.3 Å². The molecule has 8 nitrogen and oxygen atoms in total. The second-order valence-electron chi connectivity index (χ2n) is 7.21. The molecule has 146 valence electrons. The van der Waals surface area contributed by atoms with Gasteiger partial charge in [0.05, 0.1) is 6.54 Å². The number of carbonyl (C=O) groups is 1. The van der Waals surface area contributed by atoms with E-state index in [4.69, 9.17) is 0 Å². The molecule has 0 aliphatic carbocycles. The first kappa shape index (κ1) is 18.2. The average Bonchev–Trinajstić information content (AvgIpc) is 3.11. The number of ketones is 1. The van der Waals surface area contributed by atoms with Crippen molar-refractivity contribution >= 4 is 22.9 Å². The Labute approximate surface area is 161 Å². The highest BCUT2D eigenvalue weighted by Gasteiger charge is 2.25. The minimum absolute atomic E-state index is 0.000208. The van der Waals surface area contributed by atoms with Crippen molar-refractivity contribution in [2.45, 2.75) is 25.8 Å². The maximum atomic E-state index is 12.9. The van der Waals surface area contributed by atoms with Gasteiger partial charge < -0.3 is 4.90 Å². The second-order valence-corrected chi connectivity index (χ2v) is 7.21. The Morgan fingerprint density at radius 1 is 1.00 bits per heavy atom. The number of piperidine rings is 1. The molecule has 1 fully saturated rings. The van der Waals surface area contributed by atoms with Crippen LogP contribution in [0.25, 0.3) is 11.2 Å². The van der Waals surface area contributed by atoms with E-state index in [1.807, 2.05) is 18.2 Å². The summed E-state index contributed by atoms with van der Waals surface area (Å²) in [7, 11) is 3.04. The van der Waals surface area contributed by atoms with Crippen LogP contribution in [0.3, 0.4) is 0 Å². The van der Waals surface area contributed by atoms with Crippen LogP contribution in [-0.2, 0) is 20.6 Å². The first-order valence-corrected chi connectivity index (χ1v) is 9.48. The topological polar surface area (TPSA) is 82.1 Å². The SMILES string of the molecule is Cn1c(=O)c2c(nc(N3CCCCC3)n2CC(=O)c2ccccc2)n(C)c1=O. The van der Waals surface area contributed by atoms with Crippen molar-refractivity contribution in [3.63, 3.8) is 0 Å². The fourth-order valence-electron chi connectivity index (χ4n) is 3.78. The van der Waals surface area contributed by atoms with Gasteiger partial charge >= 0.3 is 5.69 Å². The molecule has 0 spiro atoms. The van der Waals surface area contributed by atoms with Gasteiger partial charge in [-0.25, -0.2) is 4.79 Å². The zero-order chi connectivity index (χ0) is 19.8. The summed E-state index contributed by atoms with van der Waals surface area (Å²) in [6.07, 6.45) is 3.22. The second kappa shape index (κ2) is 7.10. The van der Waals surface area contributed by atoms with E-state index in [9.17, 15) is 14.4 Å². The van der Waals surface area contributed by atoms with E-state index in [1.54, 1.807) is 23.7 Å². The Hall–Kier alpha value is -3.16. The van der Waals surface area contributed by atoms with E-state index in [0.717, 1.165) is 36.9 Å². The first-order chi connectivity index (χ1) is 13.5. The third-order valence-corrected chi connectivity index (χ3v) is 5.36. The van der Waals surface area contributed by atoms with Crippen LogP contribution < -0.4 is 16.1 Å². The van der Waals surface area contributed by atoms with Crippen molar-refractivity contribution in [3.05, 3.63) is 56.7 Å². The lowest BCUT2D eigenvalue weighted by atomic mass is 10.1. The molecule has 3 aromatic rings. The standard InChI is InChI=1S/C20H23N5O3/c1-22-17-16(18(27)23(2)20(22)28)25(13-15(26)14-9-5-3-6-10-14)19(21-17)24-11-7-4-8-12-24/h3,5-6,9-10H,4,7-8,11-13H2,1-2H3. The van der Waals surface area contributed by atoms with Gasteiger partial charge in [0.15, 0.2) is 16.9 Å². The van der Waals surface area contributed by atoms with Crippen LogP contribution in [0.15, 0.2) is 39.9 Å². The molecule has 0 bridgehead atoms. The lowest BCUT2D eigenvalue weighted by molar-refractivity contribution is 0.0973. The third kappa shape index (κ3) is 2.94. The number of benzene rings is 1. The number of hydrogen-bond donors (Lipinski definition) is 0. The van der Waals surface area contributed by atoms with Crippen molar-refractivity contribution in [2.24, 2.45) is 14.1 Å². The van der Waals surface area contributed by atoms with Crippen molar-refractivity contribution in [1.82, 2.24) is 18.7 Å². The summed E-state index contributed by atoms with van der Waals surface area (Å²) in [4.78, 5) is 44.9. The molecule has 2 aromatic heterocycles. The summed E-state index contributed by atoms with van der Waals surface area (Å²) >= 11 is 0. The number of aromatic nitrogens is 4. The average molecular weight is 381 g/mol. The summed E-state index contributed by atoms with van der Waals surface area (Å²) in [6.45, 7) is 1.63. The Kier molecular flexibility index (Phi) is 4.62. The smallest absolute Gasteiger partial charge is 0.332 e. The van der Waals surface area contributed by atoms with Crippen LogP contribution in [0.4, 0.5) is 5.95 Å². The van der Waals surface area contributed by atoms with E-state index >= 15 is 0 Å². The highest BCUT2D eigenvalue weighted by atomic mass is 16.2. The molecule has 1 aliphatic rings. The molecular weight excluding hydrogens is 358 g/mol. The summed E-state index contributed by atoms with van der Waals surface area (Å²) in [5.41, 5.74) is 0.316. The van der Waals surface area contributed by atoms with E-state index in [-0.39, 0.29) is 17.8 Å². The number of hydrogen-bond acceptors (Lipinski definition) is 5. The number of fused-ring (bicyclic) bond motifs is 1. The summed E-state index contributed by atoms with van der Waals surface area (Å²) in [5, 5.41) is 0. The fraction of sp³-hybridized carbons (Fsp3) is 0.400. The highest BCUT2D eigenvalue weighted by Crippen LogP contribution is 2.23. The molecule has 8 heteroatoms. The van der Waals surface area contributed by atoms with Gasteiger partial charge in [-0.05, 0) is 19.3 Å². The van der Waals surface area contributed by atoms with Gasteiger partial charge in [0.1, 0.15) is 0 Å². The molecule has 1 saturated heterocycles. The van der Waals surface area contributed by atoms with E-state index in [2.05, 4.69) is 9.88 Å². The number of nitrogens with zero attached hydrogens (tertiary/aromatic N) is 5. The maximum absolute atomic E-state index is 12.9. The minimum Gasteiger partial charge on any atom is -0.342 e. The van der Waals surface area contributed by atoms with Crippen LogP contribution in [0.2, 0.25) is 0 Å². The van der Waals surface area contributed by atoms with E-state index in [1.165, 1.54) is 11.6 Å². The molecule has 0 atom stereocenters. The van der Waals surface area contributed by atoms with Gasteiger partial charge in [0, 0.05) is 32.7 Å². The fourth-order valence-corrected chi connectivity index (χ4v) is 3.78. The molecule has 0 radical (unpaired) electrons. The predicted octanol–water partition coefficient (Wildman–Crippen LogP) is 1.31. The molecule has 0 saturated carbocycles. The van der Waals surface area contributed by atoms with Crippen LogP contribution in [0, 0.1) is 0 Å². The monoisotopic (exact) mass is 381 g/mol. The Morgan fingerprint density at radius 3 is 2.36 bits per heavy atom. The van der Waals surface area contributed by atoms with Crippen LogP contribution >= 0.6 is 0 Å². The zero-order valence-electron chi connectivity index (χ0n) is 16.1.